The number of ketones is 1. The first-order valence-corrected chi connectivity index (χ1v) is 11.5. The summed E-state index contributed by atoms with van der Waals surface area (Å²) in [7, 11) is 0. The number of carbonyl (C=O) groups excluding carboxylic acids is 2. The molecule has 1 amide bonds. The van der Waals surface area contributed by atoms with Gasteiger partial charge < -0.3 is 5.11 Å². The molecule has 1 aliphatic heterocycles. The normalized spacial score (nSPS) is 17.8. The molecule has 0 radical (unpaired) electrons. The number of hydrogen-bond acceptors (Lipinski definition) is 5. The Morgan fingerprint density at radius 3 is 2.52 bits per heavy atom. The maximum atomic E-state index is 13.3. The number of aryl methyl sites for hydroxylation is 2. The van der Waals surface area contributed by atoms with Crippen LogP contribution in [0.5, 0.6) is 0 Å². The number of halogens is 1. The summed E-state index contributed by atoms with van der Waals surface area (Å²) in [5, 5.41) is 12.0. The van der Waals surface area contributed by atoms with E-state index in [0.717, 1.165) is 21.3 Å². The van der Waals surface area contributed by atoms with Crippen molar-refractivity contribution >= 4 is 55.7 Å². The standard InChI is InChI=1S/C26H19ClN2O3S/c1-14-11-15(2)21-19(12-14)33-26(28-21)29-22(17-9-6-10-18(27)13-17)20(24(31)25(29)32)23(30)16-7-4-3-5-8-16/h3-13,22,30H,1-2H3/b23-20+/t22-/m0/s1. The second-order valence-corrected chi connectivity index (χ2v) is 9.46. The van der Waals surface area contributed by atoms with Gasteiger partial charge in [0.05, 0.1) is 21.8 Å². The van der Waals surface area contributed by atoms with E-state index >= 15 is 0 Å². The highest BCUT2D eigenvalue weighted by Crippen LogP contribution is 2.45. The van der Waals surface area contributed by atoms with E-state index in [1.165, 1.54) is 16.2 Å². The SMILES string of the molecule is Cc1cc(C)c2nc(N3C(=O)C(=O)/C(=C(/O)c4ccccc4)[C@@H]3c3cccc(Cl)c3)sc2c1. The lowest BCUT2D eigenvalue weighted by molar-refractivity contribution is -0.132. The fourth-order valence-corrected chi connectivity index (χ4v) is 5.60. The largest absolute Gasteiger partial charge is 0.507 e. The minimum absolute atomic E-state index is 0.0145. The zero-order valence-corrected chi connectivity index (χ0v) is 19.4. The Kier molecular flexibility index (Phi) is 5.27. The van der Waals surface area contributed by atoms with E-state index in [1.807, 2.05) is 32.0 Å². The highest BCUT2D eigenvalue weighted by molar-refractivity contribution is 7.22. The van der Waals surface area contributed by atoms with Crippen LogP contribution in [0, 0.1) is 13.8 Å². The summed E-state index contributed by atoms with van der Waals surface area (Å²) in [4.78, 5) is 32.7. The van der Waals surface area contributed by atoms with Crippen LogP contribution < -0.4 is 4.90 Å². The third-order valence-electron chi connectivity index (χ3n) is 5.68. The van der Waals surface area contributed by atoms with Gasteiger partial charge in [0.2, 0.25) is 0 Å². The summed E-state index contributed by atoms with van der Waals surface area (Å²) in [5.41, 5.74) is 3.96. The van der Waals surface area contributed by atoms with Gasteiger partial charge in [-0.2, -0.15) is 0 Å². The van der Waals surface area contributed by atoms with Gasteiger partial charge in [-0.3, -0.25) is 14.5 Å². The van der Waals surface area contributed by atoms with Crippen molar-refractivity contribution in [2.24, 2.45) is 0 Å². The zero-order valence-electron chi connectivity index (χ0n) is 17.9. The van der Waals surface area contributed by atoms with Gasteiger partial charge in [0.1, 0.15) is 5.76 Å². The molecule has 3 aromatic carbocycles. The smallest absolute Gasteiger partial charge is 0.301 e. The monoisotopic (exact) mass is 474 g/mol. The van der Waals surface area contributed by atoms with Gasteiger partial charge in [-0.05, 0) is 48.7 Å². The number of nitrogens with zero attached hydrogens (tertiary/aromatic N) is 2. The first-order chi connectivity index (χ1) is 15.8. The number of Topliss-reactive ketones (excluding diaryl/α,β-unsaturated/α-hetero) is 1. The van der Waals surface area contributed by atoms with Gasteiger partial charge in [-0.15, -0.1) is 0 Å². The van der Waals surface area contributed by atoms with Gasteiger partial charge in [0.15, 0.2) is 5.13 Å². The number of fused-ring (bicyclic) bond motifs is 1. The first kappa shape index (κ1) is 21.4. The molecule has 2 heterocycles. The van der Waals surface area contributed by atoms with Gasteiger partial charge in [0.25, 0.3) is 5.78 Å². The van der Waals surface area contributed by atoms with Gasteiger partial charge in [-0.25, -0.2) is 4.98 Å². The van der Waals surface area contributed by atoms with Crippen LogP contribution in [-0.2, 0) is 9.59 Å². The van der Waals surface area contributed by atoms with Gasteiger partial charge in [0, 0.05) is 10.6 Å². The summed E-state index contributed by atoms with van der Waals surface area (Å²) in [6.45, 7) is 3.97. The summed E-state index contributed by atoms with van der Waals surface area (Å²) < 4.78 is 0.928. The van der Waals surface area contributed by atoms with Crippen molar-refractivity contribution in [1.29, 1.82) is 0 Å². The van der Waals surface area contributed by atoms with E-state index in [2.05, 4.69) is 0 Å². The fourth-order valence-electron chi connectivity index (χ4n) is 4.24. The molecule has 0 aliphatic carbocycles. The molecule has 1 fully saturated rings. The van der Waals surface area contributed by atoms with Crippen molar-refractivity contribution in [2.75, 3.05) is 4.90 Å². The molecule has 0 spiro atoms. The lowest BCUT2D eigenvalue weighted by Gasteiger charge is -2.23. The van der Waals surface area contributed by atoms with Crippen molar-refractivity contribution < 1.29 is 14.7 Å². The first-order valence-electron chi connectivity index (χ1n) is 10.3. The number of anilines is 1. The van der Waals surface area contributed by atoms with Crippen LogP contribution in [-0.4, -0.2) is 21.8 Å². The van der Waals surface area contributed by atoms with Crippen LogP contribution in [0.15, 0.2) is 72.3 Å². The molecule has 164 valence electrons. The molecule has 5 rings (SSSR count). The average Bonchev–Trinajstić information content (AvgIpc) is 3.33. The van der Waals surface area contributed by atoms with E-state index < -0.39 is 17.7 Å². The molecule has 0 bridgehead atoms. The maximum Gasteiger partial charge on any atom is 0.301 e. The second kappa shape index (κ2) is 8.14. The summed E-state index contributed by atoms with van der Waals surface area (Å²) in [5.74, 6) is -1.71. The number of thiazole rings is 1. The van der Waals surface area contributed by atoms with Crippen LogP contribution in [0.4, 0.5) is 5.13 Å². The minimum atomic E-state index is -0.856. The molecule has 1 atom stereocenters. The Morgan fingerprint density at radius 1 is 1.03 bits per heavy atom. The summed E-state index contributed by atoms with van der Waals surface area (Å²) in [6, 6.07) is 18.9. The molecule has 1 aliphatic rings. The Bertz CT molecular complexity index is 1460. The molecule has 0 saturated carbocycles. The van der Waals surface area contributed by atoms with E-state index in [4.69, 9.17) is 16.6 Å². The highest BCUT2D eigenvalue weighted by atomic mass is 35.5. The molecule has 1 N–H and O–H groups in total. The number of hydrogen-bond donors (Lipinski definition) is 1. The maximum absolute atomic E-state index is 13.3. The van der Waals surface area contributed by atoms with Gasteiger partial charge in [-0.1, -0.05) is 71.5 Å². The van der Waals surface area contributed by atoms with E-state index in [1.54, 1.807) is 48.5 Å². The van der Waals surface area contributed by atoms with Crippen LogP contribution in [0.3, 0.4) is 0 Å². The topological polar surface area (TPSA) is 70.5 Å². The fraction of sp³-hybridized carbons (Fsp3) is 0.115. The average molecular weight is 475 g/mol. The lowest BCUT2D eigenvalue weighted by Crippen LogP contribution is -2.29. The van der Waals surface area contributed by atoms with Crippen molar-refractivity contribution in [1.82, 2.24) is 4.98 Å². The zero-order chi connectivity index (χ0) is 23.3. The van der Waals surface area contributed by atoms with Crippen molar-refractivity contribution in [3.8, 4) is 0 Å². The quantitative estimate of drug-likeness (QED) is 0.218. The van der Waals surface area contributed by atoms with E-state index in [0.29, 0.717) is 21.3 Å². The number of aliphatic hydroxyl groups excluding tert-OH is 1. The number of aliphatic hydroxyl groups is 1. The number of benzene rings is 3. The number of rotatable bonds is 3. The summed E-state index contributed by atoms with van der Waals surface area (Å²) in [6.07, 6.45) is 0. The molecule has 4 aromatic rings. The number of carbonyl (C=O) groups is 2. The Morgan fingerprint density at radius 2 is 1.79 bits per heavy atom. The molecular formula is C26H19ClN2O3S. The minimum Gasteiger partial charge on any atom is -0.507 e. The van der Waals surface area contributed by atoms with Crippen LogP contribution >= 0.6 is 22.9 Å². The van der Waals surface area contributed by atoms with Gasteiger partial charge >= 0.3 is 5.91 Å². The number of amides is 1. The molecule has 33 heavy (non-hydrogen) atoms. The Balaban J connectivity index is 1.76. The van der Waals surface area contributed by atoms with Crippen molar-refractivity contribution in [3.63, 3.8) is 0 Å². The molecule has 0 unspecified atom stereocenters. The highest BCUT2D eigenvalue weighted by Gasteiger charge is 2.48. The molecule has 7 heteroatoms. The predicted molar refractivity (Wildman–Crippen MR) is 132 cm³/mol. The van der Waals surface area contributed by atoms with Crippen LogP contribution in [0.1, 0.15) is 28.3 Å². The van der Waals surface area contributed by atoms with E-state index in [-0.39, 0.29) is 11.3 Å². The van der Waals surface area contributed by atoms with E-state index in [9.17, 15) is 14.7 Å². The third kappa shape index (κ3) is 3.61. The Labute approximate surface area is 199 Å². The van der Waals surface area contributed by atoms with Crippen molar-refractivity contribution in [3.05, 3.63) is 99.6 Å². The summed E-state index contributed by atoms with van der Waals surface area (Å²) >= 11 is 7.60. The van der Waals surface area contributed by atoms with Crippen LogP contribution in [0.2, 0.25) is 5.02 Å². The third-order valence-corrected chi connectivity index (χ3v) is 6.92. The Hall–Kier alpha value is -3.48. The molecule has 1 saturated heterocycles. The molecular weight excluding hydrogens is 456 g/mol. The second-order valence-electron chi connectivity index (χ2n) is 8.02. The van der Waals surface area contributed by atoms with Crippen molar-refractivity contribution in [2.45, 2.75) is 19.9 Å². The van der Waals surface area contributed by atoms with Crippen LogP contribution in [0.25, 0.3) is 16.0 Å². The lowest BCUT2D eigenvalue weighted by atomic mass is 9.95. The predicted octanol–water partition coefficient (Wildman–Crippen LogP) is 6.19. The number of aromatic nitrogens is 1. The molecule has 1 aromatic heterocycles. The molecule has 5 nitrogen and oxygen atoms in total.